The fourth-order valence-corrected chi connectivity index (χ4v) is 4.89. The quantitative estimate of drug-likeness (QED) is 0.855. The lowest BCUT2D eigenvalue weighted by Crippen LogP contribution is -2.36. The molecule has 0 radical (unpaired) electrons. The monoisotopic (exact) mass is 377 g/mol. The second kappa shape index (κ2) is 6.98. The molecule has 1 aromatic rings. The summed E-state index contributed by atoms with van der Waals surface area (Å²) in [5, 5.41) is 0. The average molecular weight is 378 g/mol. The molecule has 0 amide bonds. The fourth-order valence-electron chi connectivity index (χ4n) is 2.54. The van der Waals surface area contributed by atoms with E-state index in [9.17, 15) is 8.42 Å². The van der Waals surface area contributed by atoms with Crippen LogP contribution in [-0.2, 0) is 10.0 Å². The molecule has 1 aliphatic carbocycles. The van der Waals surface area contributed by atoms with Crippen molar-refractivity contribution >= 4 is 26.0 Å². The summed E-state index contributed by atoms with van der Waals surface area (Å²) in [5.41, 5.74) is 0. The van der Waals surface area contributed by atoms with Crippen LogP contribution in [0.25, 0.3) is 0 Å². The number of rotatable bonds is 5. The molecule has 1 fully saturated rings. The topological polar surface area (TPSA) is 64.6 Å². The number of ether oxygens (including phenoxy) is 2. The first-order chi connectivity index (χ1) is 9.97. The van der Waals surface area contributed by atoms with Gasteiger partial charge in [-0.2, -0.15) is 0 Å². The number of sulfonamides is 1. The average Bonchev–Trinajstić information content (AvgIpc) is 2.47. The molecule has 0 aliphatic heterocycles. The molecular formula is C14H20BrNO4S. The minimum Gasteiger partial charge on any atom is -0.493 e. The van der Waals surface area contributed by atoms with Gasteiger partial charge in [-0.25, -0.2) is 13.1 Å². The number of hydrogen-bond donors (Lipinski definition) is 1. The van der Waals surface area contributed by atoms with Gasteiger partial charge in [0.05, 0.1) is 14.2 Å². The predicted octanol–water partition coefficient (Wildman–Crippen LogP) is 3.08. The van der Waals surface area contributed by atoms with Gasteiger partial charge >= 0.3 is 0 Å². The summed E-state index contributed by atoms with van der Waals surface area (Å²) in [6, 6.07) is 3.10. The molecule has 0 spiro atoms. The van der Waals surface area contributed by atoms with Gasteiger partial charge in [0.2, 0.25) is 10.0 Å². The largest absolute Gasteiger partial charge is 0.493 e. The van der Waals surface area contributed by atoms with Crippen molar-refractivity contribution in [3.8, 4) is 11.5 Å². The molecule has 1 aliphatic rings. The zero-order valence-electron chi connectivity index (χ0n) is 12.2. The van der Waals surface area contributed by atoms with Gasteiger partial charge in [-0.1, -0.05) is 19.3 Å². The molecule has 5 nitrogen and oxygen atoms in total. The van der Waals surface area contributed by atoms with Crippen LogP contribution in [0.5, 0.6) is 11.5 Å². The third kappa shape index (κ3) is 3.90. The summed E-state index contributed by atoms with van der Waals surface area (Å²) in [4.78, 5) is 0.172. The number of hydrogen-bond acceptors (Lipinski definition) is 4. The predicted molar refractivity (Wildman–Crippen MR) is 84.4 cm³/mol. The standard InChI is InChI=1S/C14H20BrNO4S/c1-19-12-8-11(15)14(9-13(12)20-2)21(17,18)16-10-6-4-3-5-7-10/h8-10,16H,3-7H2,1-2H3. The highest BCUT2D eigenvalue weighted by atomic mass is 79.9. The van der Waals surface area contributed by atoms with E-state index in [4.69, 9.17) is 9.47 Å². The number of nitrogens with one attached hydrogen (secondary N) is 1. The maximum absolute atomic E-state index is 12.6. The van der Waals surface area contributed by atoms with Crippen molar-refractivity contribution < 1.29 is 17.9 Å². The van der Waals surface area contributed by atoms with E-state index in [2.05, 4.69) is 20.7 Å². The fraction of sp³-hybridized carbons (Fsp3) is 0.571. The van der Waals surface area contributed by atoms with E-state index < -0.39 is 10.0 Å². The van der Waals surface area contributed by atoms with Crippen LogP contribution >= 0.6 is 15.9 Å². The van der Waals surface area contributed by atoms with Crippen LogP contribution in [0.15, 0.2) is 21.5 Å². The molecule has 118 valence electrons. The van der Waals surface area contributed by atoms with Crippen LogP contribution in [0, 0.1) is 0 Å². The lowest BCUT2D eigenvalue weighted by molar-refractivity contribution is 0.353. The van der Waals surface area contributed by atoms with Gasteiger partial charge < -0.3 is 9.47 Å². The van der Waals surface area contributed by atoms with E-state index in [1.807, 2.05) is 0 Å². The Balaban J connectivity index is 2.30. The third-order valence-electron chi connectivity index (χ3n) is 3.65. The van der Waals surface area contributed by atoms with Gasteiger partial charge in [-0.15, -0.1) is 0 Å². The van der Waals surface area contributed by atoms with Crippen molar-refractivity contribution in [2.24, 2.45) is 0 Å². The molecule has 1 aromatic carbocycles. The zero-order chi connectivity index (χ0) is 15.5. The van der Waals surface area contributed by atoms with Gasteiger partial charge in [0.1, 0.15) is 4.90 Å². The van der Waals surface area contributed by atoms with Gasteiger partial charge in [0.15, 0.2) is 11.5 Å². The minimum absolute atomic E-state index is 0.0174. The Morgan fingerprint density at radius 2 is 1.67 bits per heavy atom. The first kappa shape index (κ1) is 16.6. The zero-order valence-corrected chi connectivity index (χ0v) is 14.6. The number of methoxy groups -OCH3 is 2. The van der Waals surface area contributed by atoms with Gasteiger partial charge in [-0.05, 0) is 34.8 Å². The maximum atomic E-state index is 12.6. The normalized spacial score (nSPS) is 16.7. The molecular weight excluding hydrogens is 358 g/mol. The summed E-state index contributed by atoms with van der Waals surface area (Å²) in [7, 11) is -0.585. The molecule has 0 aromatic heterocycles. The second-order valence-corrected chi connectivity index (χ2v) is 7.63. The first-order valence-corrected chi connectivity index (χ1v) is 9.19. The Bertz CT molecular complexity index is 597. The Morgan fingerprint density at radius 3 is 2.24 bits per heavy atom. The lowest BCUT2D eigenvalue weighted by Gasteiger charge is -2.23. The molecule has 2 rings (SSSR count). The van der Waals surface area contributed by atoms with E-state index in [1.165, 1.54) is 26.7 Å². The molecule has 0 saturated heterocycles. The summed E-state index contributed by atoms with van der Waals surface area (Å²) in [6.45, 7) is 0. The second-order valence-electron chi connectivity index (χ2n) is 5.09. The molecule has 7 heteroatoms. The molecule has 0 bridgehead atoms. The van der Waals surface area contributed by atoms with Crippen LogP contribution in [0.3, 0.4) is 0 Å². The third-order valence-corrected chi connectivity index (χ3v) is 6.13. The molecule has 0 heterocycles. The van der Waals surface area contributed by atoms with Gasteiger partial charge in [0.25, 0.3) is 0 Å². The lowest BCUT2D eigenvalue weighted by atomic mass is 9.96. The highest BCUT2D eigenvalue weighted by Crippen LogP contribution is 2.35. The summed E-state index contributed by atoms with van der Waals surface area (Å²) >= 11 is 3.30. The van der Waals surface area contributed by atoms with Crippen molar-refractivity contribution in [2.75, 3.05) is 14.2 Å². The molecule has 21 heavy (non-hydrogen) atoms. The molecule has 0 atom stereocenters. The van der Waals surface area contributed by atoms with Crippen molar-refractivity contribution in [3.05, 3.63) is 16.6 Å². The van der Waals surface area contributed by atoms with Crippen LogP contribution in [0.2, 0.25) is 0 Å². The van der Waals surface area contributed by atoms with E-state index in [0.29, 0.717) is 16.0 Å². The smallest absolute Gasteiger partial charge is 0.242 e. The highest BCUT2D eigenvalue weighted by Gasteiger charge is 2.25. The Morgan fingerprint density at radius 1 is 1.10 bits per heavy atom. The Kier molecular flexibility index (Phi) is 5.51. The summed E-state index contributed by atoms with van der Waals surface area (Å²) < 4.78 is 38.7. The Labute approximate surface area is 134 Å². The van der Waals surface area contributed by atoms with Crippen molar-refractivity contribution in [2.45, 2.75) is 43.0 Å². The Hall–Kier alpha value is -0.790. The summed E-state index contributed by atoms with van der Waals surface area (Å²) in [5.74, 6) is 0.880. The van der Waals surface area contributed by atoms with Crippen LogP contribution in [-0.4, -0.2) is 28.7 Å². The van der Waals surface area contributed by atoms with Gasteiger partial charge in [-0.3, -0.25) is 0 Å². The molecule has 1 N–H and O–H groups in total. The first-order valence-electron chi connectivity index (χ1n) is 6.92. The van der Waals surface area contributed by atoms with Crippen molar-refractivity contribution in [1.29, 1.82) is 0 Å². The van der Waals surface area contributed by atoms with E-state index in [-0.39, 0.29) is 10.9 Å². The number of halogens is 1. The number of benzene rings is 1. The van der Waals surface area contributed by atoms with E-state index in [0.717, 1.165) is 25.7 Å². The molecule has 1 saturated carbocycles. The molecule has 0 unspecified atom stereocenters. The van der Waals surface area contributed by atoms with Crippen molar-refractivity contribution in [3.63, 3.8) is 0 Å². The van der Waals surface area contributed by atoms with Crippen LogP contribution in [0.4, 0.5) is 0 Å². The van der Waals surface area contributed by atoms with E-state index >= 15 is 0 Å². The minimum atomic E-state index is -3.58. The SMILES string of the molecule is COc1cc(Br)c(S(=O)(=O)NC2CCCCC2)cc1OC. The van der Waals surface area contributed by atoms with Crippen LogP contribution in [0.1, 0.15) is 32.1 Å². The van der Waals surface area contributed by atoms with Gasteiger partial charge in [0, 0.05) is 16.6 Å². The van der Waals surface area contributed by atoms with Crippen molar-refractivity contribution in [1.82, 2.24) is 4.72 Å². The van der Waals surface area contributed by atoms with E-state index in [1.54, 1.807) is 6.07 Å². The summed E-state index contributed by atoms with van der Waals surface area (Å²) in [6.07, 6.45) is 5.10. The highest BCUT2D eigenvalue weighted by molar-refractivity contribution is 9.10. The maximum Gasteiger partial charge on any atom is 0.242 e. The van der Waals surface area contributed by atoms with Crippen LogP contribution < -0.4 is 14.2 Å².